The SMILES string of the molecule is O=C(Nc1ccc(CCO)cc1)[C@@H]1CCCN1C1CCOCC1. The van der Waals surface area contributed by atoms with Crippen LogP contribution in [0.1, 0.15) is 31.2 Å². The van der Waals surface area contributed by atoms with Crippen molar-refractivity contribution in [1.29, 1.82) is 0 Å². The number of aliphatic hydroxyl groups is 1. The molecule has 23 heavy (non-hydrogen) atoms. The molecule has 2 aliphatic rings. The van der Waals surface area contributed by atoms with Crippen LogP contribution in [0.4, 0.5) is 5.69 Å². The van der Waals surface area contributed by atoms with E-state index in [4.69, 9.17) is 9.84 Å². The molecule has 0 saturated carbocycles. The standard InChI is InChI=1S/C18H26N2O3/c21-11-7-14-3-5-15(6-4-14)19-18(22)17-2-1-10-20(17)16-8-12-23-13-9-16/h3-6,16-17,21H,1-2,7-13H2,(H,19,22)/t17-/m0/s1. The number of nitrogens with one attached hydrogen (secondary N) is 1. The number of nitrogens with zero attached hydrogens (tertiary/aromatic N) is 1. The molecule has 2 fully saturated rings. The first-order chi connectivity index (χ1) is 11.3. The third kappa shape index (κ3) is 4.10. The third-order valence-electron chi connectivity index (χ3n) is 4.88. The number of aliphatic hydroxyl groups excluding tert-OH is 1. The molecule has 1 aromatic rings. The van der Waals surface area contributed by atoms with Crippen LogP contribution in [0.25, 0.3) is 0 Å². The Kier molecular flexibility index (Phi) is 5.65. The third-order valence-corrected chi connectivity index (χ3v) is 4.88. The zero-order chi connectivity index (χ0) is 16.1. The van der Waals surface area contributed by atoms with Crippen molar-refractivity contribution in [2.24, 2.45) is 0 Å². The van der Waals surface area contributed by atoms with E-state index in [0.717, 1.165) is 56.7 Å². The minimum atomic E-state index is -0.0183. The van der Waals surface area contributed by atoms with Gasteiger partial charge in [-0.05, 0) is 56.3 Å². The highest BCUT2D eigenvalue weighted by Crippen LogP contribution is 2.26. The van der Waals surface area contributed by atoms with Crippen LogP contribution in [0, 0.1) is 0 Å². The van der Waals surface area contributed by atoms with Crippen molar-refractivity contribution < 1.29 is 14.6 Å². The van der Waals surface area contributed by atoms with Gasteiger partial charge in [0.2, 0.25) is 5.91 Å². The Morgan fingerprint density at radius 3 is 2.65 bits per heavy atom. The highest BCUT2D eigenvalue weighted by molar-refractivity contribution is 5.95. The summed E-state index contributed by atoms with van der Waals surface area (Å²) in [5.41, 5.74) is 1.91. The Morgan fingerprint density at radius 1 is 1.22 bits per heavy atom. The Morgan fingerprint density at radius 2 is 1.96 bits per heavy atom. The number of carbonyl (C=O) groups excluding carboxylic acids is 1. The van der Waals surface area contributed by atoms with Crippen LogP contribution in [-0.2, 0) is 16.0 Å². The van der Waals surface area contributed by atoms with Crippen molar-refractivity contribution in [2.75, 3.05) is 31.7 Å². The molecule has 2 N–H and O–H groups in total. The van der Waals surface area contributed by atoms with Gasteiger partial charge in [0.15, 0.2) is 0 Å². The van der Waals surface area contributed by atoms with Crippen molar-refractivity contribution in [3.05, 3.63) is 29.8 Å². The van der Waals surface area contributed by atoms with Gasteiger partial charge in [-0.1, -0.05) is 12.1 Å². The molecule has 5 nitrogen and oxygen atoms in total. The van der Waals surface area contributed by atoms with Crippen LogP contribution in [0.5, 0.6) is 0 Å². The van der Waals surface area contributed by atoms with Gasteiger partial charge < -0.3 is 15.2 Å². The molecule has 3 rings (SSSR count). The molecule has 1 amide bonds. The maximum Gasteiger partial charge on any atom is 0.241 e. The first kappa shape index (κ1) is 16.4. The Labute approximate surface area is 137 Å². The van der Waals surface area contributed by atoms with Gasteiger partial charge >= 0.3 is 0 Å². The number of likely N-dealkylation sites (tertiary alicyclic amines) is 1. The maximum absolute atomic E-state index is 12.7. The van der Waals surface area contributed by atoms with Gasteiger partial charge in [0.05, 0.1) is 6.04 Å². The first-order valence-electron chi connectivity index (χ1n) is 8.62. The molecule has 2 heterocycles. The summed E-state index contributed by atoms with van der Waals surface area (Å²) in [5, 5.41) is 12.0. The number of hydrogen-bond acceptors (Lipinski definition) is 4. The van der Waals surface area contributed by atoms with E-state index in [9.17, 15) is 4.79 Å². The summed E-state index contributed by atoms with van der Waals surface area (Å²) in [4.78, 5) is 15.0. The number of carbonyl (C=O) groups is 1. The second-order valence-electron chi connectivity index (χ2n) is 6.40. The van der Waals surface area contributed by atoms with Gasteiger partial charge in [0.25, 0.3) is 0 Å². The molecule has 1 atom stereocenters. The second kappa shape index (κ2) is 7.90. The molecule has 5 heteroatoms. The number of benzene rings is 1. The number of ether oxygens (including phenoxy) is 1. The predicted molar refractivity (Wildman–Crippen MR) is 89.4 cm³/mol. The van der Waals surface area contributed by atoms with Gasteiger partial charge in [-0.15, -0.1) is 0 Å². The Hall–Kier alpha value is -1.43. The van der Waals surface area contributed by atoms with Crippen LogP contribution in [0.2, 0.25) is 0 Å². The highest BCUT2D eigenvalue weighted by Gasteiger charge is 2.35. The molecular weight excluding hydrogens is 292 g/mol. The fourth-order valence-corrected chi connectivity index (χ4v) is 3.63. The fourth-order valence-electron chi connectivity index (χ4n) is 3.63. The monoisotopic (exact) mass is 318 g/mol. The Bertz CT molecular complexity index is 512. The summed E-state index contributed by atoms with van der Waals surface area (Å²) in [7, 11) is 0. The summed E-state index contributed by atoms with van der Waals surface area (Å²) in [5.74, 6) is 0.101. The second-order valence-corrected chi connectivity index (χ2v) is 6.40. The van der Waals surface area contributed by atoms with Crippen molar-refractivity contribution in [1.82, 2.24) is 4.90 Å². The number of amides is 1. The maximum atomic E-state index is 12.7. The van der Waals surface area contributed by atoms with Crippen LogP contribution >= 0.6 is 0 Å². The predicted octanol–water partition coefficient (Wildman–Crippen LogP) is 1.80. The summed E-state index contributed by atoms with van der Waals surface area (Å²) in [6, 6.07) is 8.20. The molecule has 0 radical (unpaired) electrons. The van der Waals surface area contributed by atoms with E-state index in [2.05, 4.69) is 10.2 Å². The van der Waals surface area contributed by atoms with Crippen molar-refractivity contribution in [3.8, 4) is 0 Å². The lowest BCUT2D eigenvalue weighted by molar-refractivity contribution is -0.121. The topological polar surface area (TPSA) is 61.8 Å². The minimum absolute atomic E-state index is 0.0183. The lowest BCUT2D eigenvalue weighted by atomic mass is 10.1. The van der Waals surface area contributed by atoms with E-state index >= 15 is 0 Å². The molecule has 1 aromatic carbocycles. The van der Waals surface area contributed by atoms with Crippen molar-refractivity contribution in [3.63, 3.8) is 0 Å². The van der Waals surface area contributed by atoms with Gasteiger partial charge in [0.1, 0.15) is 0 Å². The largest absolute Gasteiger partial charge is 0.396 e. The fraction of sp³-hybridized carbons (Fsp3) is 0.611. The van der Waals surface area contributed by atoms with Crippen molar-refractivity contribution in [2.45, 2.75) is 44.2 Å². The molecule has 0 aromatic heterocycles. The smallest absolute Gasteiger partial charge is 0.241 e. The molecule has 2 aliphatic heterocycles. The van der Waals surface area contributed by atoms with Crippen LogP contribution in [0.3, 0.4) is 0 Å². The molecule has 2 saturated heterocycles. The normalized spacial score (nSPS) is 23.1. The lowest BCUT2D eigenvalue weighted by Gasteiger charge is -2.34. The number of hydrogen-bond donors (Lipinski definition) is 2. The zero-order valence-electron chi connectivity index (χ0n) is 13.5. The number of anilines is 1. The van der Waals surface area contributed by atoms with Crippen molar-refractivity contribution >= 4 is 11.6 Å². The summed E-state index contributed by atoms with van der Waals surface area (Å²) in [6.45, 7) is 2.77. The summed E-state index contributed by atoms with van der Waals surface area (Å²) >= 11 is 0. The van der Waals surface area contributed by atoms with Gasteiger partial charge in [-0.25, -0.2) is 0 Å². The Balaban J connectivity index is 1.60. The van der Waals surface area contributed by atoms with E-state index in [1.165, 1.54) is 0 Å². The highest BCUT2D eigenvalue weighted by atomic mass is 16.5. The molecule has 0 bridgehead atoms. The average molecular weight is 318 g/mol. The van der Waals surface area contributed by atoms with Crippen LogP contribution in [0.15, 0.2) is 24.3 Å². The molecule has 0 unspecified atom stereocenters. The van der Waals surface area contributed by atoms with E-state index < -0.39 is 0 Å². The molecule has 126 valence electrons. The molecule has 0 spiro atoms. The quantitative estimate of drug-likeness (QED) is 0.869. The van der Waals surface area contributed by atoms with Gasteiger partial charge in [0, 0.05) is 31.5 Å². The minimum Gasteiger partial charge on any atom is -0.396 e. The summed E-state index contributed by atoms with van der Waals surface area (Å²) in [6.07, 6.45) is 4.73. The molecular formula is C18H26N2O3. The van der Waals surface area contributed by atoms with E-state index in [-0.39, 0.29) is 18.6 Å². The van der Waals surface area contributed by atoms with Gasteiger partial charge in [-0.3, -0.25) is 9.69 Å². The number of rotatable bonds is 5. The van der Waals surface area contributed by atoms with Gasteiger partial charge in [-0.2, -0.15) is 0 Å². The van der Waals surface area contributed by atoms with E-state index in [0.29, 0.717) is 12.5 Å². The average Bonchev–Trinajstić information content (AvgIpc) is 3.07. The first-order valence-corrected chi connectivity index (χ1v) is 8.62. The van der Waals surface area contributed by atoms with Crippen LogP contribution < -0.4 is 5.32 Å². The lowest BCUT2D eigenvalue weighted by Crippen LogP contribution is -2.47. The van der Waals surface area contributed by atoms with E-state index in [1.54, 1.807) is 0 Å². The van der Waals surface area contributed by atoms with Crippen LogP contribution in [-0.4, -0.2) is 54.4 Å². The van der Waals surface area contributed by atoms with E-state index in [1.807, 2.05) is 24.3 Å². The summed E-state index contributed by atoms with van der Waals surface area (Å²) < 4.78 is 5.44. The molecule has 0 aliphatic carbocycles. The zero-order valence-corrected chi connectivity index (χ0v) is 13.5.